The van der Waals surface area contributed by atoms with Gasteiger partial charge in [0.25, 0.3) is 0 Å². The number of rotatable bonds is 7. The molecule has 2 aliphatic carbocycles. The van der Waals surface area contributed by atoms with Gasteiger partial charge in [0.05, 0.1) is 5.92 Å². The summed E-state index contributed by atoms with van der Waals surface area (Å²) in [6.07, 6.45) is -0.849. The fourth-order valence-corrected chi connectivity index (χ4v) is 7.02. The Labute approximate surface area is 252 Å². The van der Waals surface area contributed by atoms with E-state index >= 15 is 0 Å². The van der Waals surface area contributed by atoms with E-state index in [0.29, 0.717) is 5.56 Å². The first-order chi connectivity index (χ1) is 19.1. The lowest BCUT2D eigenvalue weighted by Gasteiger charge is -2.41. The molecule has 6 unspecified atom stereocenters. The Morgan fingerprint density at radius 2 is 1.50 bits per heavy atom. The number of amides is 2. The van der Waals surface area contributed by atoms with Crippen LogP contribution in [0, 0.1) is 36.4 Å². The standard InChI is InChI=1S/C31H45FN2O7S/c1-16-14-18(12-13-20(16)32)42-15-19-24(33-17(2)35)21-22(25(36)39-28(3,4)5)23(21)31(19,26(37)40-29(6,7)8)34-27(38)41-30(9,10)11/h12-14,19,21-24H,15H2,1-11H3,(H,33,35)(H,34,38). The highest BCUT2D eigenvalue weighted by Crippen LogP contribution is 2.66. The van der Waals surface area contributed by atoms with E-state index in [1.54, 1.807) is 81.4 Å². The zero-order valence-electron chi connectivity index (χ0n) is 26.5. The number of esters is 2. The number of halogens is 1. The first-order valence-corrected chi connectivity index (χ1v) is 15.2. The summed E-state index contributed by atoms with van der Waals surface area (Å²) >= 11 is 1.36. The highest BCUT2D eigenvalue weighted by Gasteiger charge is 2.80. The molecule has 2 amide bonds. The quantitative estimate of drug-likeness (QED) is 0.247. The van der Waals surface area contributed by atoms with E-state index in [9.17, 15) is 23.6 Å². The van der Waals surface area contributed by atoms with E-state index in [1.165, 1.54) is 24.8 Å². The fourth-order valence-electron chi connectivity index (χ4n) is 5.75. The molecular weight excluding hydrogens is 563 g/mol. The molecule has 1 aromatic rings. The van der Waals surface area contributed by atoms with Crippen molar-refractivity contribution in [2.45, 2.75) is 109 Å². The zero-order chi connectivity index (χ0) is 32.0. The van der Waals surface area contributed by atoms with Crippen molar-refractivity contribution in [1.29, 1.82) is 0 Å². The van der Waals surface area contributed by atoms with Crippen LogP contribution < -0.4 is 10.6 Å². The minimum Gasteiger partial charge on any atom is -0.460 e. The first-order valence-electron chi connectivity index (χ1n) is 14.2. The van der Waals surface area contributed by atoms with E-state index in [1.807, 2.05) is 0 Å². The van der Waals surface area contributed by atoms with Crippen LogP contribution >= 0.6 is 11.8 Å². The molecule has 2 fully saturated rings. The molecule has 0 aromatic heterocycles. The molecule has 1 aromatic carbocycles. The molecule has 3 rings (SSSR count). The van der Waals surface area contributed by atoms with Crippen LogP contribution in [-0.4, -0.2) is 58.1 Å². The molecule has 2 saturated carbocycles. The second-order valence-electron chi connectivity index (χ2n) is 14.2. The number of thioether (sulfide) groups is 1. The average Bonchev–Trinajstić information content (AvgIpc) is 3.46. The van der Waals surface area contributed by atoms with Crippen molar-refractivity contribution in [2.75, 3.05) is 5.75 Å². The molecule has 0 aliphatic heterocycles. The maximum Gasteiger partial charge on any atom is 0.408 e. The molecular formula is C31H45FN2O7S. The van der Waals surface area contributed by atoms with Gasteiger partial charge in [-0.05, 0) is 98.9 Å². The van der Waals surface area contributed by atoms with Crippen LogP contribution in [0.4, 0.5) is 9.18 Å². The van der Waals surface area contributed by atoms with Gasteiger partial charge in [-0.3, -0.25) is 9.59 Å². The Kier molecular flexibility index (Phi) is 9.38. The van der Waals surface area contributed by atoms with E-state index < -0.39 is 70.1 Å². The van der Waals surface area contributed by atoms with Gasteiger partial charge in [0.15, 0.2) is 5.54 Å². The average molecular weight is 609 g/mol. The highest BCUT2D eigenvalue weighted by atomic mass is 32.2. The van der Waals surface area contributed by atoms with Crippen LogP contribution in [0.5, 0.6) is 0 Å². The lowest BCUT2D eigenvalue weighted by Crippen LogP contribution is -2.65. The highest BCUT2D eigenvalue weighted by molar-refractivity contribution is 7.99. The van der Waals surface area contributed by atoms with Gasteiger partial charge in [0, 0.05) is 35.4 Å². The van der Waals surface area contributed by atoms with Gasteiger partial charge >= 0.3 is 18.0 Å². The molecule has 0 bridgehead atoms. The third-order valence-electron chi connectivity index (χ3n) is 7.09. The van der Waals surface area contributed by atoms with E-state index in [0.717, 1.165) is 4.90 Å². The number of ether oxygens (including phenoxy) is 3. The number of benzene rings is 1. The van der Waals surface area contributed by atoms with Gasteiger partial charge in [-0.2, -0.15) is 0 Å². The number of carbonyl (C=O) groups excluding carboxylic acids is 4. The number of hydrogen-bond acceptors (Lipinski definition) is 8. The normalized spacial score (nSPS) is 27.0. The summed E-state index contributed by atoms with van der Waals surface area (Å²) in [7, 11) is 0. The molecule has 0 radical (unpaired) electrons. The molecule has 0 saturated heterocycles. The molecule has 2 aliphatic rings. The van der Waals surface area contributed by atoms with E-state index in [-0.39, 0.29) is 17.5 Å². The van der Waals surface area contributed by atoms with Gasteiger partial charge < -0.3 is 24.8 Å². The van der Waals surface area contributed by atoms with Gasteiger partial charge in [0.2, 0.25) is 5.91 Å². The predicted molar refractivity (Wildman–Crippen MR) is 157 cm³/mol. The summed E-state index contributed by atoms with van der Waals surface area (Å²) in [5, 5.41) is 5.81. The van der Waals surface area contributed by atoms with Gasteiger partial charge in [-0.1, -0.05) is 0 Å². The molecule has 0 heterocycles. The molecule has 6 atom stereocenters. The summed E-state index contributed by atoms with van der Waals surface area (Å²) in [5.74, 6) is -4.43. The van der Waals surface area contributed by atoms with E-state index in [4.69, 9.17) is 14.2 Å². The Hall–Kier alpha value is -2.82. The number of fused-ring (bicyclic) bond motifs is 1. The van der Waals surface area contributed by atoms with Crippen LogP contribution in [0.3, 0.4) is 0 Å². The summed E-state index contributed by atoms with van der Waals surface area (Å²) in [5.41, 5.74) is -3.87. The first kappa shape index (κ1) is 33.7. The van der Waals surface area contributed by atoms with Gasteiger partial charge in [-0.25, -0.2) is 14.0 Å². The summed E-state index contributed by atoms with van der Waals surface area (Å²) in [6.45, 7) is 18.5. The van der Waals surface area contributed by atoms with Crippen LogP contribution in [0.15, 0.2) is 23.1 Å². The molecule has 42 heavy (non-hydrogen) atoms. The third kappa shape index (κ3) is 7.76. The van der Waals surface area contributed by atoms with Crippen molar-refractivity contribution in [3.8, 4) is 0 Å². The van der Waals surface area contributed by atoms with E-state index in [2.05, 4.69) is 10.6 Å². The van der Waals surface area contributed by atoms with Crippen molar-refractivity contribution in [1.82, 2.24) is 10.6 Å². The number of alkyl carbamates (subject to hydrolysis) is 1. The summed E-state index contributed by atoms with van der Waals surface area (Å²) in [6, 6.07) is 4.02. The summed E-state index contributed by atoms with van der Waals surface area (Å²) in [4.78, 5) is 54.4. The number of aryl methyl sites for hydroxylation is 1. The molecule has 2 N–H and O–H groups in total. The molecule has 0 spiro atoms. The van der Waals surface area contributed by atoms with Gasteiger partial charge in [0.1, 0.15) is 22.6 Å². The maximum absolute atomic E-state index is 14.3. The fraction of sp³-hybridized carbons (Fsp3) is 0.677. The van der Waals surface area contributed by atoms with Crippen molar-refractivity contribution >= 4 is 35.7 Å². The van der Waals surface area contributed by atoms with Crippen LogP contribution in [0.2, 0.25) is 0 Å². The summed E-state index contributed by atoms with van der Waals surface area (Å²) < 4.78 is 31.2. The molecule has 234 valence electrons. The Morgan fingerprint density at radius 3 is 2.00 bits per heavy atom. The molecule has 9 nitrogen and oxygen atoms in total. The Morgan fingerprint density at radius 1 is 0.929 bits per heavy atom. The topological polar surface area (TPSA) is 120 Å². The zero-order valence-corrected chi connectivity index (χ0v) is 27.3. The number of nitrogens with one attached hydrogen (secondary N) is 2. The van der Waals surface area contributed by atoms with Crippen molar-refractivity contribution in [3.63, 3.8) is 0 Å². The van der Waals surface area contributed by atoms with Crippen LogP contribution in [0.1, 0.15) is 74.8 Å². The monoisotopic (exact) mass is 608 g/mol. The number of carbonyl (C=O) groups is 4. The van der Waals surface area contributed by atoms with Crippen molar-refractivity contribution in [3.05, 3.63) is 29.6 Å². The third-order valence-corrected chi connectivity index (χ3v) is 8.20. The lowest BCUT2D eigenvalue weighted by atomic mass is 9.79. The Balaban J connectivity index is 2.16. The number of hydrogen-bond donors (Lipinski definition) is 2. The molecule has 11 heteroatoms. The largest absolute Gasteiger partial charge is 0.460 e. The SMILES string of the molecule is CC(=O)NC1C2C(C(=O)OC(C)(C)C)C2C(NC(=O)OC(C)(C)C)(C(=O)OC(C)(C)C)C1CSc1ccc(F)c(C)c1. The second kappa shape index (κ2) is 11.7. The van der Waals surface area contributed by atoms with Crippen LogP contribution in [0.25, 0.3) is 0 Å². The second-order valence-corrected chi connectivity index (χ2v) is 15.3. The van der Waals surface area contributed by atoms with Gasteiger partial charge in [-0.15, -0.1) is 11.8 Å². The Bertz CT molecular complexity index is 1230. The maximum atomic E-state index is 14.3. The van der Waals surface area contributed by atoms with Crippen molar-refractivity contribution in [2.24, 2.45) is 23.7 Å². The smallest absolute Gasteiger partial charge is 0.408 e. The minimum absolute atomic E-state index is 0.235. The minimum atomic E-state index is -1.74. The lowest BCUT2D eigenvalue weighted by molar-refractivity contribution is -0.168. The van der Waals surface area contributed by atoms with Crippen LogP contribution in [-0.2, 0) is 28.6 Å². The van der Waals surface area contributed by atoms with Crippen molar-refractivity contribution < 1.29 is 37.8 Å². The predicted octanol–water partition coefficient (Wildman–Crippen LogP) is 5.17.